The van der Waals surface area contributed by atoms with Crippen LogP contribution in [-0.2, 0) is 9.53 Å². The van der Waals surface area contributed by atoms with Crippen LogP contribution in [0, 0.1) is 5.41 Å². The Kier molecular flexibility index (Phi) is 3.71. The van der Waals surface area contributed by atoms with Gasteiger partial charge in [0.2, 0.25) is 0 Å². The maximum Gasteiger partial charge on any atom is 0.339 e. The molecule has 6 heteroatoms. The SMILES string of the molecule is CCOC(=O)C(O)c1cc(Cl)c2c(c1)OCC1(CC1)CO2. The van der Waals surface area contributed by atoms with E-state index >= 15 is 0 Å². The molecule has 1 aromatic rings. The van der Waals surface area contributed by atoms with Crippen molar-refractivity contribution in [1.29, 1.82) is 0 Å². The molecule has 114 valence electrons. The Hall–Kier alpha value is -1.46. The summed E-state index contributed by atoms with van der Waals surface area (Å²) in [6, 6.07) is 3.10. The molecule has 3 rings (SSSR count). The summed E-state index contributed by atoms with van der Waals surface area (Å²) in [6.07, 6.45) is 0.780. The summed E-state index contributed by atoms with van der Waals surface area (Å²) in [4.78, 5) is 11.6. The van der Waals surface area contributed by atoms with E-state index in [9.17, 15) is 9.90 Å². The van der Waals surface area contributed by atoms with E-state index in [0.29, 0.717) is 35.3 Å². The van der Waals surface area contributed by atoms with Crippen molar-refractivity contribution in [3.05, 3.63) is 22.7 Å². The molecule has 1 aromatic carbocycles. The Labute approximate surface area is 127 Å². The fraction of sp³-hybridized carbons (Fsp3) is 0.533. The van der Waals surface area contributed by atoms with Gasteiger partial charge in [-0.2, -0.15) is 0 Å². The molecule has 0 aromatic heterocycles. The highest BCUT2D eigenvalue weighted by atomic mass is 35.5. The lowest BCUT2D eigenvalue weighted by Gasteiger charge is -2.14. The Balaban J connectivity index is 1.87. The average Bonchev–Trinajstić information content (AvgIpc) is 3.26. The fourth-order valence-electron chi connectivity index (χ4n) is 2.31. The molecule has 0 saturated heterocycles. The second-order valence-corrected chi connectivity index (χ2v) is 5.97. The third-order valence-electron chi connectivity index (χ3n) is 3.87. The van der Waals surface area contributed by atoms with Crippen LogP contribution in [0.2, 0.25) is 5.02 Å². The monoisotopic (exact) mass is 312 g/mol. The van der Waals surface area contributed by atoms with Crippen LogP contribution < -0.4 is 9.47 Å². The Morgan fingerprint density at radius 3 is 2.81 bits per heavy atom. The lowest BCUT2D eigenvalue weighted by atomic mass is 10.1. The van der Waals surface area contributed by atoms with Crippen molar-refractivity contribution in [3.8, 4) is 11.5 Å². The minimum atomic E-state index is -1.38. The summed E-state index contributed by atoms with van der Waals surface area (Å²) >= 11 is 6.19. The molecule has 1 heterocycles. The molecular weight excluding hydrogens is 296 g/mol. The first-order valence-electron chi connectivity index (χ1n) is 6.98. The van der Waals surface area contributed by atoms with Crippen molar-refractivity contribution in [2.45, 2.75) is 25.9 Å². The molecule has 0 radical (unpaired) electrons. The molecule has 21 heavy (non-hydrogen) atoms. The number of benzene rings is 1. The zero-order valence-corrected chi connectivity index (χ0v) is 12.5. The number of halogens is 1. The highest BCUT2D eigenvalue weighted by molar-refractivity contribution is 6.32. The summed E-state index contributed by atoms with van der Waals surface area (Å²) in [5, 5.41) is 10.3. The van der Waals surface area contributed by atoms with Crippen LogP contribution in [0.25, 0.3) is 0 Å². The number of fused-ring (bicyclic) bond motifs is 1. The van der Waals surface area contributed by atoms with Gasteiger partial charge in [0, 0.05) is 5.41 Å². The number of hydrogen-bond donors (Lipinski definition) is 1. The third kappa shape index (κ3) is 2.80. The molecular formula is C15H17ClO5. The van der Waals surface area contributed by atoms with Gasteiger partial charge >= 0.3 is 5.97 Å². The average molecular weight is 313 g/mol. The highest BCUT2D eigenvalue weighted by Gasteiger charge is 2.46. The maximum atomic E-state index is 11.6. The number of aliphatic hydroxyl groups is 1. The first-order valence-corrected chi connectivity index (χ1v) is 7.36. The van der Waals surface area contributed by atoms with Crippen molar-refractivity contribution < 1.29 is 24.1 Å². The molecule has 1 spiro atoms. The first-order chi connectivity index (χ1) is 10.0. The molecule has 1 atom stereocenters. The van der Waals surface area contributed by atoms with Gasteiger partial charge < -0.3 is 19.3 Å². The minimum Gasteiger partial charge on any atom is -0.489 e. The van der Waals surface area contributed by atoms with Crippen molar-refractivity contribution >= 4 is 17.6 Å². The molecule has 1 fully saturated rings. The number of carbonyl (C=O) groups excluding carboxylic acids is 1. The number of carbonyl (C=O) groups is 1. The summed E-state index contributed by atoms with van der Waals surface area (Å²) in [5.74, 6) is 0.228. The molecule has 1 aliphatic carbocycles. The van der Waals surface area contributed by atoms with E-state index < -0.39 is 12.1 Å². The number of ether oxygens (including phenoxy) is 3. The number of rotatable bonds is 3. The molecule has 1 N–H and O–H groups in total. The molecule has 1 saturated carbocycles. The van der Waals surface area contributed by atoms with Crippen LogP contribution in [0.5, 0.6) is 11.5 Å². The molecule has 2 aliphatic rings. The normalized spacial score (nSPS) is 19.8. The van der Waals surface area contributed by atoms with Gasteiger partial charge in [0.05, 0.1) is 24.8 Å². The number of esters is 1. The second-order valence-electron chi connectivity index (χ2n) is 5.56. The standard InChI is InChI=1S/C15H17ClO5/c1-2-19-14(18)12(17)9-5-10(16)13-11(6-9)20-7-15(3-4-15)8-21-13/h5-6,12,17H,2-4,7-8H2,1H3. The van der Waals surface area contributed by atoms with E-state index in [1.807, 2.05) is 0 Å². The van der Waals surface area contributed by atoms with Crippen LogP contribution in [-0.4, -0.2) is 30.9 Å². The molecule has 0 amide bonds. The summed E-state index contributed by atoms with van der Waals surface area (Å²) in [6.45, 7) is 3.03. The van der Waals surface area contributed by atoms with E-state index in [0.717, 1.165) is 12.8 Å². The van der Waals surface area contributed by atoms with Gasteiger partial charge in [0.25, 0.3) is 0 Å². The van der Waals surface area contributed by atoms with E-state index in [4.69, 9.17) is 25.8 Å². The fourth-order valence-corrected chi connectivity index (χ4v) is 2.59. The van der Waals surface area contributed by atoms with Gasteiger partial charge in [-0.05, 0) is 37.5 Å². The smallest absolute Gasteiger partial charge is 0.339 e. The Bertz CT molecular complexity index is 567. The van der Waals surface area contributed by atoms with Crippen LogP contribution in [0.3, 0.4) is 0 Å². The van der Waals surface area contributed by atoms with Crippen molar-refractivity contribution in [2.75, 3.05) is 19.8 Å². The van der Waals surface area contributed by atoms with Gasteiger partial charge in [0.15, 0.2) is 17.6 Å². The van der Waals surface area contributed by atoms with Crippen molar-refractivity contribution in [1.82, 2.24) is 0 Å². The lowest BCUT2D eigenvalue weighted by molar-refractivity contribution is -0.153. The van der Waals surface area contributed by atoms with Gasteiger partial charge in [-0.15, -0.1) is 0 Å². The van der Waals surface area contributed by atoms with Crippen molar-refractivity contribution in [3.63, 3.8) is 0 Å². The molecule has 5 nitrogen and oxygen atoms in total. The summed E-state index contributed by atoms with van der Waals surface area (Å²) in [7, 11) is 0. The largest absolute Gasteiger partial charge is 0.489 e. The third-order valence-corrected chi connectivity index (χ3v) is 4.15. The predicted octanol–water partition coefficient (Wildman–Crippen LogP) is 2.49. The van der Waals surface area contributed by atoms with Gasteiger partial charge in [-0.3, -0.25) is 0 Å². The predicted molar refractivity (Wildman–Crippen MR) is 75.7 cm³/mol. The quantitative estimate of drug-likeness (QED) is 0.869. The summed E-state index contributed by atoms with van der Waals surface area (Å²) < 4.78 is 16.3. The zero-order valence-electron chi connectivity index (χ0n) is 11.7. The first kappa shape index (κ1) is 14.5. The van der Waals surface area contributed by atoms with Crippen LogP contribution in [0.15, 0.2) is 12.1 Å². The van der Waals surface area contributed by atoms with Crippen molar-refractivity contribution in [2.24, 2.45) is 5.41 Å². The maximum absolute atomic E-state index is 11.6. The van der Waals surface area contributed by atoms with Gasteiger partial charge in [-0.1, -0.05) is 11.6 Å². The van der Waals surface area contributed by atoms with Crippen LogP contribution in [0.4, 0.5) is 0 Å². The van der Waals surface area contributed by atoms with Gasteiger partial charge in [0.1, 0.15) is 0 Å². The zero-order chi connectivity index (χ0) is 15.0. The van der Waals surface area contributed by atoms with E-state index in [1.165, 1.54) is 6.07 Å². The number of hydrogen-bond acceptors (Lipinski definition) is 5. The van der Waals surface area contributed by atoms with E-state index in [1.54, 1.807) is 13.0 Å². The molecule has 0 bridgehead atoms. The van der Waals surface area contributed by atoms with Crippen LogP contribution >= 0.6 is 11.6 Å². The highest BCUT2D eigenvalue weighted by Crippen LogP contribution is 2.50. The van der Waals surface area contributed by atoms with E-state index in [-0.39, 0.29) is 12.0 Å². The number of aliphatic hydroxyl groups excluding tert-OH is 1. The topological polar surface area (TPSA) is 65.0 Å². The molecule has 1 unspecified atom stereocenters. The van der Waals surface area contributed by atoms with Crippen LogP contribution in [0.1, 0.15) is 31.4 Å². The Morgan fingerprint density at radius 1 is 1.43 bits per heavy atom. The minimum absolute atomic E-state index is 0.0995. The summed E-state index contributed by atoms with van der Waals surface area (Å²) in [5.41, 5.74) is 0.440. The molecule has 1 aliphatic heterocycles. The Morgan fingerprint density at radius 2 is 2.14 bits per heavy atom. The van der Waals surface area contributed by atoms with Gasteiger partial charge in [-0.25, -0.2) is 4.79 Å². The lowest BCUT2D eigenvalue weighted by Crippen LogP contribution is -2.17. The van der Waals surface area contributed by atoms with E-state index in [2.05, 4.69) is 0 Å². The second kappa shape index (κ2) is 5.39.